The fraction of sp³-hybridized carbons (Fsp3) is 1.00. The van der Waals surface area contributed by atoms with Gasteiger partial charge in [-0.25, -0.2) is 0 Å². The van der Waals surface area contributed by atoms with Gasteiger partial charge in [-0.3, -0.25) is 0 Å². The van der Waals surface area contributed by atoms with Crippen molar-refractivity contribution in [3.63, 3.8) is 0 Å². The largest absolute Gasteiger partial charge is 0.377 e. The van der Waals surface area contributed by atoms with E-state index in [0.717, 1.165) is 12.5 Å². The molecule has 2 heteroatoms. The first kappa shape index (κ1) is 11.4. The average Bonchev–Trinajstić information content (AvgIpc) is 2.25. The van der Waals surface area contributed by atoms with Crippen molar-refractivity contribution >= 4 is 0 Å². The van der Waals surface area contributed by atoms with Crippen LogP contribution in [0.1, 0.15) is 47.0 Å². The smallest absolute Gasteiger partial charge is 0.0684 e. The molecule has 4 unspecified atom stereocenters. The van der Waals surface area contributed by atoms with Crippen LogP contribution in [-0.2, 0) is 4.74 Å². The van der Waals surface area contributed by atoms with Crippen molar-refractivity contribution in [3.05, 3.63) is 0 Å². The molecule has 0 amide bonds. The Kier molecular flexibility index (Phi) is 3.09. The maximum Gasteiger partial charge on any atom is 0.0684 e. The van der Waals surface area contributed by atoms with Gasteiger partial charge in [0.25, 0.3) is 0 Å². The molecule has 2 fully saturated rings. The summed E-state index contributed by atoms with van der Waals surface area (Å²) in [6, 6.07) is 1.30. The van der Waals surface area contributed by atoms with Crippen LogP contribution in [0.2, 0.25) is 0 Å². The minimum Gasteiger partial charge on any atom is -0.377 e. The van der Waals surface area contributed by atoms with E-state index in [4.69, 9.17) is 4.74 Å². The highest BCUT2D eigenvalue weighted by atomic mass is 16.5. The second-order valence-corrected chi connectivity index (χ2v) is 5.87. The third kappa shape index (κ3) is 1.83. The maximum absolute atomic E-state index is 5.90. The van der Waals surface area contributed by atoms with Crippen LogP contribution in [0.4, 0.5) is 0 Å². The quantitative estimate of drug-likeness (QED) is 0.774. The molecule has 0 aromatic rings. The normalized spacial score (nSPS) is 40.4. The Labute approximate surface area is 93.8 Å². The molecule has 1 aliphatic carbocycles. The molecule has 1 aliphatic heterocycles. The monoisotopic (exact) mass is 211 g/mol. The third-order valence-electron chi connectivity index (χ3n) is 4.41. The Balaban J connectivity index is 1.99. The summed E-state index contributed by atoms with van der Waals surface area (Å²) in [4.78, 5) is 0. The highest BCUT2D eigenvalue weighted by Crippen LogP contribution is 2.51. The predicted octanol–water partition coefficient (Wildman–Crippen LogP) is 2.58. The standard InChI is InChI=1S/C13H25NO/c1-5-9(2)14-11-10-7-6-8-15-12(10)13(11,3)4/h9-12,14H,5-8H2,1-4H3. The third-order valence-corrected chi connectivity index (χ3v) is 4.41. The molecule has 1 N–H and O–H groups in total. The van der Waals surface area contributed by atoms with E-state index < -0.39 is 0 Å². The van der Waals surface area contributed by atoms with Gasteiger partial charge in [-0.1, -0.05) is 20.8 Å². The summed E-state index contributed by atoms with van der Waals surface area (Å²) in [6.45, 7) is 10.2. The molecule has 15 heavy (non-hydrogen) atoms. The summed E-state index contributed by atoms with van der Waals surface area (Å²) in [5.74, 6) is 0.766. The van der Waals surface area contributed by atoms with Crippen LogP contribution in [0.25, 0.3) is 0 Å². The first-order valence-electron chi connectivity index (χ1n) is 6.45. The Morgan fingerprint density at radius 3 is 2.87 bits per heavy atom. The molecule has 88 valence electrons. The van der Waals surface area contributed by atoms with Crippen LogP contribution in [0, 0.1) is 11.3 Å². The lowest BCUT2D eigenvalue weighted by Gasteiger charge is -2.60. The molecular formula is C13H25NO. The molecular weight excluding hydrogens is 186 g/mol. The van der Waals surface area contributed by atoms with Gasteiger partial charge in [0.1, 0.15) is 0 Å². The Hall–Kier alpha value is -0.0800. The van der Waals surface area contributed by atoms with E-state index in [1.165, 1.54) is 19.3 Å². The minimum atomic E-state index is 0.328. The lowest BCUT2D eigenvalue weighted by Crippen LogP contribution is -2.70. The van der Waals surface area contributed by atoms with Crippen LogP contribution < -0.4 is 5.32 Å². The summed E-state index contributed by atoms with van der Waals surface area (Å²) in [7, 11) is 0. The van der Waals surface area contributed by atoms with E-state index in [-0.39, 0.29) is 0 Å². The topological polar surface area (TPSA) is 21.3 Å². The van der Waals surface area contributed by atoms with Gasteiger partial charge in [-0.2, -0.15) is 0 Å². The number of nitrogens with one attached hydrogen (secondary N) is 1. The van der Waals surface area contributed by atoms with Crippen LogP contribution in [-0.4, -0.2) is 24.8 Å². The van der Waals surface area contributed by atoms with Crippen molar-refractivity contribution in [3.8, 4) is 0 Å². The highest BCUT2D eigenvalue weighted by molar-refractivity contribution is 5.10. The van der Waals surface area contributed by atoms with Gasteiger partial charge in [0.05, 0.1) is 6.10 Å². The van der Waals surface area contributed by atoms with Gasteiger partial charge in [-0.05, 0) is 26.2 Å². The van der Waals surface area contributed by atoms with E-state index in [2.05, 4.69) is 33.0 Å². The first-order chi connectivity index (χ1) is 7.07. The number of hydrogen-bond acceptors (Lipinski definition) is 2. The van der Waals surface area contributed by atoms with Crippen LogP contribution >= 0.6 is 0 Å². The second kappa shape index (κ2) is 4.06. The Morgan fingerprint density at radius 2 is 2.20 bits per heavy atom. The lowest BCUT2D eigenvalue weighted by atomic mass is 9.55. The average molecular weight is 211 g/mol. The van der Waals surface area contributed by atoms with E-state index in [1.54, 1.807) is 0 Å². The Bertz CT molecular complexity index is 227. The predicted molar refractivity (Wildman–Crippen MR) is 62.9 cm³/mol. The van der Waals surface area contributed by atoms with Gasteiger partial charge >= 0.3 is 0 Å². The molecule has 0 aromatic heterocycles. The van der Waals surface area contributed by atoms with Crippen molar-refractivity contribution < 1.29 is 4.74 Å². The van der Waals surface area contributed by atoms with E-state index in [9.17, 15) is 0 Å². The molecule has 1 heterocycles. The zero-order valence-electron chi connectivity index (χ0n) is 10.5. The van der Waals surface area contributed by atoms with E-state index in [1.807, 2.05) is 0 Å². The summed E-state index contributed by atoms with van der Waals surface area (Å²) >= 11 is 0. The molecule has 1 saturated heterocycles. The number of fused-ring (bicyclic) bond motifs is 1. The minimum absolute atomic E-state index is 0.328. The first-order valence-corrected chi connectivity index (χ1v) is 6.45. The van der Waals surface area contributed by atoms with Crippen molar-refractivity contribution in [2.24, 2.45) is 11.3 Å². The van der Waals surface area contributed by atoms with Gasteiger partial charge < -0.3 is 10.1 Å². The molecule has 2 aliphatic rings. The molecule has 1 saturated carbocycles. The number of hydrogen-bond donors (Lipinski definition) is 1. The molecule has 2 nitrogen and oxygen atoms in total. The lowest BCUT2D eigenvalue weighted by molar-refractivity contribution is -0.194. The van der Waals surface area contributed by atoms with E-state index in [0.29, 0.717) is 23.6 Å². The maximum atomic E-state index is 5.90. The van der Waals surface area contributed by atoms with Gasteiger partial charge in [-0.15, -0.1) is 0 Å². The molecule has 0 spiro atoms. The molecule has 0 bridgehead atoms. The SMILES string of the molecule is CCC(C)NC1C2CCCOC2C1(C)C. The number of rotatable bonds is 3. The van der Waals surface area contributed by atoms with Crippen molar-refractivity contribution in [1.29, 1.82) is 0 Å². The highest BCUT2D eigenvalue weighted by Gasteiger charge is 2.57. The molecule has 0 radical (unpaired) electrons. The molecule has 4 atom stereocenters. The second-order valence-electron chi connectivity index (χ2n) is 5.87. The Morgan fingerprint density at radius 1 is 1.47 bits per heavy atom. The van der Waals surface area contributed by atoms with Gasteiger partial charge in [0.2, 0.25) is 0 Å². The van der Waals surface area contributed by atoms with Crippen molar-refractivity contribution in [2.45, 2.75) is 65.1 Å². The summed E-state index contributed by atoms with van der Waals surface area (Å²) in [5, 5.41) is 3.78. The summed E-state index contributed by atoms with van der Waals surface area (Å²) < 4.78 is 5.90. The summed E-state index contributed by atoms with van der Waals surface area (Å²) in [5.41, 5.74) is 0.328. The summed E-state index contributed by atoms with van der Waals surface area (Å²) in [6.07, 6.45) is 4.32. The number of ether oxygens (including phenoxy) is 1. The fourth-order valence-corrected chi connectivity index (χ4v) is 3.29. The zero-order valence-corrected chi connectivity index (χ0v) is 10.5. The van der Waals surface area contributed by atoms with E-state index >= 15 is 0 Å². The van der Waals surface area contributed by atoms with Crippen LogP contribution in [0.15, 0.2) is 0 Å². The fourth-order valence-electron chi connectivity index (χ4n) is 3.29. The zero-order chi connectivity index (χ0) is 11.1. The van der Waals surface area contributed by atoms with Crippen LogP contribution in [0.3, 0.4) is 0 Å². The van der Waals surface area contributed by atoms with Crippen molar-refractivity contribution in [2.75, 3.05) is 6.61 Å². The van der Waals surface area contributed by atoms with Crippen LogP contribution in [0.5, 0.6) is 0 Å². The van der Waals surface area contributed by atoms with Gasteiger partial charge in [0, 0.05) is 30.0 Å². The van der Waals surface area contributed by atoms with Gasteiger partial charge in [0.15, 0.2) is 0 Å². The molecule has 2 rings (SSSR count). The van der Waals surface area contributed by atoms with Crippen molar-refractivity contribution in [1.82, 2.24) is 5.32 Å². The molecule has 0 aromatic carbocycles.